The Bertz CT molecular complexity index is 1110. The van der Waals surface area contributed by atoms with Gasteiger partial charge in [0.05, 0.1) is 11.4 Å². The minimum absolute atomic E-state index is 0.144. The Labute approximate surface area is 168 Å². The maximum absolute atomic E-state index is 12.5. The molecule has 1 aliphatic carbocycles. The Kier molecular flexibility index (Phi) is 4.70. The lowest BCUT2D eigenvalue weighted by Gasteiger charge is -2.14. The summed E-state index contributed by atoms with van der Waals surface area (Å²) in [6.45, 7) is 6.10. The second kappa shape index (κ2) is 7.20. The van der Waals surface area contributed by atoms with Gasteiger partial charge >= 0.3 is 6.03 Å². The summed E-state index contributed by atoms with van der Waals surface area (Å²) in [5, 5.41) is 10.2. The molecule has 2 aromatic heterocycles. The third-order valence-electron chi connectivity index (χ3n) is 4.88. The molecule has 0 fully saturated rings. The first kappa shape index (κ1) is 18.9. The standard InChI is InChI=1S/C21H24N6O2/c1-21(2,3)16-12-17(24-20(29)22-13-8-5-4-6-9-13)27(26-16)19-23-15-11-7-10-14(15)18(28)25-19/h4-6,8-9,12H,7,10-11H2,1-3H3,(H2,22,24,29)(H,23,25,28). The molecule has 0 saturated heterocycles. The van der Waals surface area contributed by atoms with Crippen molar-refractivity contribution in [1.29, 1.82) is 0 Å². The first-order valence-corrected chi connectivity index (χ1v) is 9.67. The molecule has 0 radical (unpaired) electrons. The van der Waals surface area contributed by atoms with E-state index < -0.39 is 6.03 Å². The third kappa shape index (κ3) is 3.91. The van der Waals surface area contributed by atoms with E-state index in [4.69, 9.17) is 0 Å². The monoisotopic (exact) mass is 392 g/mol. The number of aromatic amines is 1. The highest BCUT2D eigenvalue weighted by molar-refractivity contribution is 5.99. The summed E-state index contributed by atoms with van der Waals surface area (Å²) < 4.78 is 1.49. The zero-order valence-corrected chi connectivity index (χ0v) is 16.7. The van der Waals surface area contributed by atoms with Crippen molar-refractivity contribution in [2.24, 2.45) is 0 Å². The molecule has 8 heteroatoms. The molecule has 2 heterocycles. The predicted octanol–water partition coefficient (Wildman–Crippen LogP) is 3.39. The highest BCUT2D eigenvalue weighted by Crippen LogP contribution is 2.26. The Morgan fingerprint density at radius 3 is 2.62 bits per heavy atom. The fourth-order valence-electron chi connectivity index (χ4n) is 3.33. The smallest absolute Gasteiger partial charge is 0.308 e. The molecule has 8 nitrogen and oxygen atoms in total. The zero-order valence-electron chi connectivity index (χ0n) is 16.7. The predicted molar refractivity (Wildman–Crippen MR) is 112 cm³/mol. The molecule has 1 aromatic carbocycles. The Morgan fingerprint density at radius 1 is 1.14 bits per heavy atom. The molecular weight excluding hydrogens is 368 g/mol. The largest absolute Gasteiger partial charge is 0.324 e. The van der Waals surface area contributed by atoms with Crippen molar-refractivity contribution in [2.45, 2.75) is 45.4 Å². The molecule has 4 rings (SSSR count). The summed E-state index contributed by atoms with van der Waals surface area (Å²) in [5.74, 6) is 0.741. The van der Waals surface area contributed by atoms with E-state index in [1.165, 1.54) is 4.68 Å². The van der Waals surface area contributed by atoms with E-state index in [0.29, 0.717) is 17.5 Å². The fourth-order valence-corrected chi connectivity index (χ4v) is 3.33. The maximum atomic E-state index is 12.5. The summed E-state index contributed by atoms with van der Waals surface area (Å²) in [5.41, 5.74) is 2.61. The lowest BCUT2D eigenvalue weighted by atomic mass is 9.92. The Balaban J connectivity index is 1.70. The van der Waals surface area contributed by atoms with Gasteiger partial charge in [0.2, 0.25) is 5.95 Å². The van der Waals surface area contributed by atoms with Crippen molar-refractivity contribution in [3.8, 4) is 5.95 Å². The fraction of sp³-hybridized carbons (Fsp3) is 0.333. The number of hydrogen-bond acceptors (Lipinski definition) is 4. The number of carbonyl (C=O) groups excluding carboxylic acids is 1. The first-order chi connectivity index (χ1) is 13.8. The van der Waals surface area contributed by atoms with Crippen LogP contribution in [0.5, 0.6) is 0 Å². The minimum Gasteiger partial charge on any atom is -0.308 e. The molecule has 3 aromatic rings. The number of benzene rings is 1. The number of rotatable bonds is 3. The van der Waals surface area contributed by atoms with Gasteiger partial charge in [0.25, 0.3) is 5.56 Å². The number of aromatic nitrogens is 4. The number of urea groups is 1. The van der Waals surface area contributed by atoms with Gasteiger partial charge in [-0.15, -0.1) is 0 Å². The van der Waals surface area contributed by atoms with Gasteiger partial charge in [-0.05, 0) is 31.4 Å². The van der Waals surface area contributed by atoms with E-state index >= 15 is 0 Å². The van der Waals surface area contributed by atoms with Gasteiger partial charge in [0, 0.05) is 22.7 Å². The van der Waals surface area contributed by atoms with Crippen LogP contribution < -0.4 is 16.2 Å². The lowest BCUT2D eigenvalue weighted by molar-refractivity contribution is 0.262. The van der Waals surface area contributed by atoms with Crippen molar-refractivity contribution in [3.63, 3.8) is 0 Å². The number of hydrogen-bond donors (Lipinski definition) is 3. The van der Waals surface area contributed by atoms with Gasteiger partial charge in [-0.1, -0.05) is 39.0 Å². The van der Waals surface area contributed by atoms with Crippen LogP contribution in [0.1, 0.15) is 44.1 Å². The summed E-state index contributed by atoms with van der Waals surface area (Å²) >= 11 is 0. The van der Waals surface area contributed by atoms with E-state index in [-0.39, 0.29) is 11.0 Å². The third-order valence-corrected chi connectivity index (χ3v) is 4.88. The maximum Gasteiger partial charge on any atom is 0.324 e. The second-order valence-corrected chi connectivity index (χ2v) is 8.19. The summed E-state index contributed by atoms with van der Waals surface area (Å²) in [4.78, 5) is 32.4. The van der Waals surface area contributed by atoms with Gasteiger partial charge in [-0.25, -0.2) is 9.78 Å². The minimum atomic E-state index is -0.402. The van der Waals surface area contributed by atoms with Crippen LogP contribution in [0.4, 0.5) is 16.3 Å². The molecule has 0 atom stereocenters. The van der Waals surface area contributed by atoms with E-state index in [0.717, 1.165) is 36.2 Å². The number of amides is 2. The highest BCUT2D eigenvalue weighted by atomic mass is 16.2. The van der Waals surface area contributed by atoms with Crippen LogP contribution >= 0.6 is 0 Å². The molecule has 2 amide bonds. The highest BCUT2D eigenvalue weighted by Gasteiger charge is 2.24. The SMILES string of the molecule is CC(C)(C)c1cc(NC(=O)Nc2ccccc2)n(-c2nc3c(c(=O)[nH]2)CCC3)n1. The lowest BCUT2D eigenvalue weighted by Crippen LogP contribution is -2.23. The number of H-pyrrole nitrogens is 1. The topological polar surface area (TPSA) is 105 Å². The summed E-state index contributed by atoms with van der Waals surface area (Å²) in [7, 11) is 0. The van der Waals surface area contributed by atoms with Crippen LogP contribution in [0.3, 0.4) is 0 Å². The summed E-state index contributed by atoms with van der Waals surface area (Å²) in [6.07, 6.45) is 2.44. The Hall–Kier alpha value is -3.42. The molecule has 150 valence electrons. The van der Waals surface area contributed by atoms with E-state index in [1.807, 2.05) is 39.0 Å². The average molecular weight is 392 g/mol. The molecule has 0 aliphatic heterocycles. The average Bonchev–Trinajstić information content (AvgIpc) is 3.29. The normalized spacial score (nSPS) is 13.2. The van der Waals surface area contributed by atoms with Crippen LogP contribution in [0.15, 0.2) is 41.2 Å². The van der Waals surface area contributed by atoms with E-state index in [9.17, 15) is 9.59 Å². The van der Waals surface area contributed by atoms with E-state index in [1.54, 1.807) is 18.2 Å². The number of nitrogens with zero attached hydrogens (tertiary/aromatic N) is 3. The first-order valence-electron chi connectivity index (χ1n) is 9.67. The molecular formula is C21H24N6O2. The van der Waals surface area contributed by atoms with Gasteiger partial charge in [0.15, 0.2) is 0 Å². The molecule has 0 unspecified atom stereocenters. The van der Waals surface area contributed by atoms with Crippen LogP contribution in [0.25, 0.3) is 5.95 Å². The van der Waals surface area contributed by atoms with Gasteiger partial charge < -0.3 is 5.32 Å². The van der Waals surface area contributed by atoms with Crippen LogP contribution in [-0.4, -0.2) is 25.8 Å². The molecule has 29 heavy (non-hydrogen) atoms. The number of carbonyl (C=O) groups is 1. The van der Waals surface area contributed by atoms with E-state index in [2.05, 4.69) is 25.7 Å². The Morgan fingerprint density at radius 2 is 1.90 bits per heavy atom. The van der Waals surface area contributed by atoms with Gasteiger partial charge in [-0.3, -0.25) is 15.1 Å². The molecule has 1 aliphatic rings. The number of anilines is 2. The van der Waals surface area contributed by atoms with Crippen molar-refractivity contribution < 1.29 is 4.79 Å². The number of aryl methyl sites for hydroxylation is 1. The van der Waals surface area contributed by atoms with Crippen LogP contribution in [0.2, 0.25) is 0 Å². The molecule has 3 N–H and O–H groups in total. The van der Waals surface area contributed by atoms with Crippen LogP contribution in [0, 0.1) is 0 Å². The summed E-state index contributed by atoms with van der Waals surface area (Å²) in [6, 6.07) is 10.6. The van der Waals surface area contributed by atoms with Crippen molar-refractivity contribution in [3.05, 3.63) is 63.7 Å². The van der Waals surface area contributed by atoms with Crippen molar-refractivity contribution in [2.75, 3.05) is 10.6 Å². The zero-order chi connectivity index (χ0) is 20.6. The number of fused-ring (bicyclic) bond motifs is 1. The van der Waals surface area contributed by atoms with Crippen molar-refractivity contribution >= 4 is 17.5 Å². The van der Waals surface area contributed by atoms with Crippen LogP contribution in [-0.2, 0) is 18.3 Å². The quantitative estimate of drug-likeness (QED) is 0.635. The number of para-hydroxylation sites is 1. The number of nitrogens with one attached hydrogen (secondary N) is 3. The molecule has 0 saturated carbocycles. The van der Waals surface area contributed by atoms with Gasteiger partial charge in [0.1, 0.15) is 5.82 Å². The van der Waals surface area contributed by atoms with Gasteiger partial charge in [-0.2, -0.15) is 9.78 Å². The van der Waals surface area contributed by atoms with Crippen molar-refractivity contribution in [1.82, 2.24) is 19.7 Å². The molecule has 0 bridgehead atoms. The second-order valence-electron chi connectivity index (χ2n) is 8.19. The molecule has 0 spiro atoms.